The molecule has 2 aromatic rings. The first-order valence-corrected chi connectivity index (χ1v) is 11.8. The van der Waals surface area contributed by atoms with Crippen molar-refractivity contribution in [1.82, 2.24) is 9.29 Å². The smallest absolute Gasteiger partial charge is 0.341 e. The van der Waals surface area contributed by atoms with E-state index >= 15 is 0 Å². The van der Waals surface area contributed by atoms with Gasteiger partial charge in [-0.15, -0.1) is 0 Å². The maximum absolute atomic E-state index is 13.3. The number of anilines is 1. The van der Waals surface area contributed by atoms with E-state index < -0.39 is 16.0 Å². The normalized spacial score (nSPS) is 15.6. The number of sulfonamides is 1. The highest BCUT2D eigenvalue weighted by molar-refractivity contribution is 7.89. The summed E-state index contributed by atoms with van der Waals surface area (Å²) in [5, 5.41) is 2.90. The highest BCUT2D eigenvalue weighted by Crippen LogP contribution is 2.30. The Morgan fingerprint density at radius 2 is 1.71 bits per heavy atom. The summed E-state index contributed by atoms with van der Waals surface area (Å²) in [6.07, 6.45) is 0.822. The highest BCUT2D eigenvalue weighted by Gasteiger charge is 2.37. The van der Waals surface area contributed by atoms with Gasteiger partial charge in [-0.05, 0) is 52.7 Å². The van der Waals surface area contributed by atoms with Crippen molar-refractivity contribution in [3.8, 4) is 0 Å². The van der Waals surface area contributed by atoms with Crippen LogP contribution in [0.15, 0.2) is 29.2 Å². The van der Waals surface area contributed by atoms with Crippen molar-refractivity contribution in [2.45, 2.75) is 45.4 Å². The Kier molecular flexibility index (Phi) is 6.86. The highest BCUT2D eigenvalue weighted by atomic mass is 32.2. The SMILES string of the molecule is CCOC(=O)c1c(C)[nH]c(C)c1S(=O)(=O)N1CCC(C(=O)Nc2ccc(C)cc2)CC1. The summed E-state index contributed by atoms with van der Waals surface area (Å²) in [6, 6.07) is 7.54. The van der Waals surface area contributed by atoms with E-state index in [9.17, 15) is 18.0 Å². The maximum Gasteiger partial charge on any atom is 0.341 e. The molecule has 1 aromatic carbocycles. The van der Waals surface area contributed by atoms with E-state index in [0.29, 0.717) is 24.2 Å². The van der Waals surface area contributed by atoms with Crippen LogP contribution in [0.1, 0.15) is 47.1 Å². The number of rotatable bonds is 6. The van der Waals surface area contributed by atoms with Gasteiger partial charge in [0.25, 0.3) is 0 Å². The molecule has 8 nitrogen and oxygen atoms in total. The lowest BCUT2D eigenvalue weighted by molar-refractivity contribution is -0.120. The first kappa shape index (κ1) is 23.0. The van der Waals surface area contributed by atoms with E-state index in [2.05, 4.69) is 10.3 Å². The molecule has 1 saturated heterocycles. The zero-order valence-electron chi connectivity index (χ0n) is 18.3. The fourth-order valence-corrected chi connectivity index (χ4v) is 5.78. The number of nitrogens with one attached hydrogen (secondary N) is 2. The number of aromatic nitrogens is 1. The fraction of sp³-hybridized carbons (Fsp3) is 0.455. The molecular weight excluding hydrogens is 418 g/mol. The molecule has 1 aliphatic rings. The number of piperidine rings is 1. The van der Waals surface area contributed by atoms with Gasteiger partial charge in [-0.25, -0.2) is 13.2 Å². The van der Waals surface area contributed by atoms with E-state index in [1.807, 2.05) is 31.2 Å². The zero-order valence-corrected chi connectivity index (χ0v) is 19.1. The minimum atomic E-state index is -3.91. The molecule has 2 heterocycles. The number of benzene rings is 1. The molecule has 0 unspecified atom stereocenters. The minimum absolute atomic E-state index is 0.0361. The fourth-order valence-electron chi connectivity index (χ4n) is 3.90. The van der Waals surface area contributed by atoms with Gasteiger partial charge in [0, 0.05) is 36.1 Å². The molecule has 0 bridgehead atoms. The van der Waals surface area contributed by atoms with Crippen LogP contribution >= 0.6 is 0 Å². The van der Waals surface area contributed by atoms with Crippen LogP contribution in [0.4, 0.5) is 5.69 Å². The summed E-state index contributed by atoms with van der Waals surface area (Å²) in [6.45, 7) is 7.50. The number of hydrogen-bond acceptors (Lipinski definition) is 5. The Bertz CT molecular complexity index is 1070. The number of carbonyl (C=O) groups excluding carboxylic acids is 2. The van der Waals surface area contributed by atoms with Gasteiger partial charge in [0.05, 0.1) is 6.61 Å². The Hall–Kier alpha value is -2.65. The first-order chi connectivity index (χ1) is 14.6. The lowest BCUT2D eigenvalue weighted by Crippen LogP contribution is -2.41. The first-order valence-electron chi connectivity index (χ1n) is 10.4. The monoisotopic (exact) mass is 447 g/mol. The number of aryl methyl sites for hydroxylation is 3. The molecule has 1 amide bonds. The van der Waals surface area contributed by atoms with Crippen LogP contribution in [-0.4, -0.2) is 49.3 Å². The molecular formula is C22H29N3O5S. The largest absolute Gasteiger partial charge is 0.462 e. The van der Waals surface area contributed by atoms with Crippen LogP contribution in [0.2, 0.25) is 0 Å². The minimum Gasteiger partial charge on any atom is -0.462 e. The molecule has 1 aromatic heterocycles. The Morgan fingerprint density at radius 3 is 2.29 bits per heavy atom. The van der Waals surface area contributed by atoms with E-state index in [1.54, 1.807) is 20.8 Å². The molecule has 1 fully saturated rings. The van der Waals surface area contributed by atoms with Crippen molar-refractivity contribution >= 4 is 27.6 Å². The van der Waals surface area contributed by atoms with Crippen LogP contribution in [-0.2, 0) is 19.6 Å². The summed E-state index contributed by atoms with van der Waals surface area (Å²) >= 11 is 0. The van der Waals surface area contributed by atoms with Gasteiger partial charge in [0.1, 0.15) is 10.5 Å². The molecule has 0 aliphatic carbocycles. The van der Waals surface area contributed by atoms with Crippen LogP contribution in [0.25, 0.3) is 0 Å². The maximum atomic E-state index is 13.3. The summed E-state index contributed by atoms with van der Waals surface area (Å²) in [7, 11) is -3.91. The molecule has 9 heteroatoms. The van der Waals surface area contributed by atoms with Crippen molar-refractivity contribution in [2.24, 2.45) is 5.92 Å². The van der Waals surface area contributed by atoms with Gasteiger partial charge in [-0.1, -0.05) is 17.7 Å². The molecule has 0 spiro atoms. The number of aromatic amines is 1. The van der Waals surface area contributed by atoms with Crippen molar-refractivity contribution in [1.29, 1.82) is 0 Å². The molecule has 168 valence electrons. The van der Waals surface area contributed by atoms with Gasteiger partial charge in [0.2, 0.25) is 15.9 Å². The average Bonchev–Trinajstić information content (AvgIpc) is 3.04. The molecule has 0 radical (unpaired) electrons. The summed E-state index contributed by atoms with van der Waals surface area (Å²) < 4.78 is 33.1. The van der Waals surface area contributed by atoms with Crippen LogP contribution < -0.4 is 5.32 Å². The van der Waals surface area contributed by atoms with Crippen LogP contribution in [0.3, 0.4) is 0 Å². The third kappa shape index (κ3) is 4.83. The van der Waals surface area contributed by atoms with Gasteiger partial charge in [-0.3, -0.25) is 4.79 Å². The second-order valence-electron chi connectivity index (χ2n) is 7.83. The summed E-state index contributed by atoms with van der Waals surface area (Å²) in [4.78, 5) is 27.9. The number of nitrogens with zero attached hydrogens (tertiary/aromatic N) is 1. The molecule has 0 saturated carbocycles. The van der Waals surface area contributed by atoms with Gasteiger partial charge in [0.15, 0.2) is 0 Å². The lowest BCUT2D eigenvalue weighted by atomic mass is 9.97. The Morgan fingerprint density at radius 1 is 1.10 bits per heavy atom. The lowest BCUT2D eigenvalue weighted by Gasteiger charge is -2.30. The second kappa shape index (κ2) is 9.23. The predicted molar refractivity (Wildman–Crippen MR) is 118 cm³/mol. The predicted octanol–water partition coefficient (Wildman–Crippen LogP) is 3.16. The summed E-state index contributed by atoms with van der Waals surface area (Å²) in [5.41, 5.74) is 2.75. The van der Waals surface area contributed by atoms with Gasteiger partial charge >= 0.3 is 5.97 Å². The topological polar surface area (TPSA) is 109 Å². The van der Waals surface area contributed by atoms with Gasteiger partial charge in [-0.2, -0.15) is 4.31 Å². The number of H-pyrrole nitrogens is 1. The quantitative estimate of drug-likeness (QED) is 0.661. The second-order valence-corrected chi connectivity index (χ2v) is 9.71. The number of ether oxygens (including phenoxy) is 1. The number of carbonyl (C=O) groups is 2. The Labute approximate surface area is 183 Å². The molecule has 0 atom stereocenters. The Balaban J connectivity index is 1.72. The van der Waals surface area contributed by atoms with E-state index in [1.165, 1.54) is 4.31 Å². The van der Waals surface area contributed by atoms with Crippen molar-refractivity contribution in [3.05, 3.63) is 46.8 Å². The van der Waals surface area contributed by atoms with Crippen molar-refractivity contribution in [2.75, 3.05) is 25.0 Å². The third-order valence-electron chi connectivity index (χ3n) is 5.54. The zero-order chi connectivity index (χ0) is 22.8. The average molecular weight is 448 g/mol. The third-order valence-corrected chi connectivity index (χ3v) is 7.61. The van der Waals surface area contributed by atoms with Crippen molar-refractivity contribution in [3.63, 3.8) is 0 Å². The molecule has 3 rings (SSSR count). The van der Waals surface area contributed by atoms with Crippen LogP contribution in [0, 0.1) is 26.7 Å². The van der Waals surface area contributed by atoms with Gasteiger partial charge < -0.3 is 15.0 Å². The van der Waals surface area contributed by atoms with E-state index in [4.69, 9.17) is 4.74 Å². The standard InChI is InChI=1S/C22H29N3O5S/c1-5-30-22(27)19-15(3)23-16(4)20(19)31(28,29)25-12-10-17(11-13-25)21(26)24-18-8-6-14(2)7-9-18/h6-9,17,23H,5,10-13H2,1-4H3,(H,24,26). The number of esters is 1. The van der Waals surface area contributed by atoms with Crippen molar-refractivity contribution < 1.29 is 22.7 Å². The number of amides is 1. The summed E-state index contributed by atoms with van der Waals surface area (Å²) in [5.74, 6) is -1.04. The van der Waals surface area contributed by atoms with Crippen LogP contribution in [0.5, 0.6) is 0 Å². The van der Waals surface area contributed by atoms with E-state index in [-0.39, 0.29) is 42.0 Å². The number of hydrogen-bond donors (Lipinski definition) is 2. The molecule has 31 heavy (non-hydrogen) atoms. The molecule has 2 N–H and O–H groups in total. The van der Waals surface area contributed by atoms with E-state index in [0.717, 1.165) is 11.3 Å². The molecule has 1 aliphatic heterocycles.